The summed E-state index contributed by atoms with van der Waals surface area (Å²) in [6.07, 6.45) is 6.93. The molecule has 0 radical (unpaired) electrons. The van der Waals surface area contributed by atoms with Crippen molar-refractivity contribution in [3.8, 4) is 5.75 Å². The van der Waals surface area contributed by atoms with E-state index >= 15 is 0 Å². The molecule has 0 amide bonds. The number of aromatic hydroxyl groups is 1. The number of halogens is 1. The lowest BCUT2D eigenvalue weighted by Gasteiger charge is -2.57. The highest BCUT2D eigenvalue weighted by molar-refractivity contribution is 6.27. The smallest absolute Gasteiger partial charge is 0.414 e. The largest absolute Gasteiger partial charge is 0.508 e. The molecule has 0 saturated heterocycles. The van der Waals surface area contributed by atoms with Crippen LogP contribution in [-0.2, 0) is 15.0 Å². The second-order valence-electron chi connectivity index (χ2n) is 9.54. The second-order valence-corrected chi connectivity index (χ2v) is 9.54. The summed E-state index contributed by atoms with van der Waals surface area (Å²) < 4.78 is 13.1. The Bertz CT molecular complexity index is 1030. The van der Waals surface area contributed by atoms with E-state index in [2.05, 4.69) is 37.9 Å². The molecule has 3 rings (SSSR count). The zero-order valence-corrected chi connectivity index (χ0v) is 22.2. The molecule has 0 heterocycles. The first kappa shape index (κ1) is 34.7. The van der Waals surface area contributed by atoms with Crippen molar-refractivity contribution < 1.29 is 45.0 Å². The van der Waals surface area contributed by atoms with Gasteiger partial charge in [0.05, 0.1) is 0 Å². The molecule has 1 aliphatic rings. The fraction of sp³-hybridized carbons (Fsp3) is 0.464. The summed E-state index contributed by atoms with van der Waals surface area (Å²) in [4.78, 5) is 33.1. The van der Waals surface area contributed by atoms with Crippen LogP contribution >= 0.6 is 0 Å². The number of benzene rings is 2. The zero-order valence-electron chi connectivity index (χ0n) is 22.2. The normalized spacial score (nSPS) is 20.2. The maximum absolute atomic E-state index is 13.1. The third-order valence-corrected chi connectivity index (χ3v) is 7.61. The van der Waals surface area contributed by atoms with Gasteiger partial charge in [-0.25, -0.2) is 14.0 Å². The lowest BCUT2D eigenvalue weighted by atomic mass is 9.57. The number of carbonyl (C=O) groups excluding carboxylic acids is 1. The SMILES string of the molecule is CCC1(N(C)CCCC(=O)c2ccc(F)cc2)CCCCC1(C)c1ccc(O)cc1.O.O.O=C(O)C(=O)O. The summed E-state index contributed by atoms with van der Waals surface area (Å²) in [6.45, 7) is 5.47. The fourth-order valence-corrected chi connectivity index (χ4v) is 5.57. The fourth-order valence-electron chi connectivity index (χ4n) is 5.57. The summed E-state index contributed by atoms with van der Waals surface area (Å²) >= 11 is 0. The van der Waals surface area contributed by atoms with E-state index in [1.54, 1.807) is 24.3 Å². The van der Waals surface area contributed by atoms with Gasteiger partial charge in [-0.15, -0.1) is 0 Å². The number of phenols is 1. The number of carboxylic acids is 2. The highest BCUT2D eigenvalue weighted by Gasteiger charge is 2.51. The molecule has 0 bridgehead atoms. The Morgan fingerprint density at radius 1 is 0.921 bits per heavy atom. The van der Waals surface area contributed by atoms with Crippen molar-refractivity contribution in [3.05, 3.63) is 65.5 Å². The molecule has 0 spiro atoms. The first-order valence-electron chi connectivity index (χ1n) is 12.2. The Labute approximate surface area is 222 Å². The highest BCUT2D eigenvalue weighted by atomic mass is 19.1. The molecule has 10 heteroatoms. The number of hydrogen-bond acceptors (Lipinski definition) is 5. The van der Waals surface area contributed by atoms with Gasteiger partial charge in [0.25, 0.3) is 0 Å². The molecule has 2 aromatic carbocycles. The van der Waals surface area contributed by atoms with E-state index in [1.165, 1.54) is 30.5 Å². The Morgan fingerprint density at radius 2 is 1.45 bits per heavy atom. The minimum atomic E-state index is -1.82. The maximum Gasteiger partial charge on any atom is 0.414 e. The van der Waals surface area contributed by atoms with Crippen molar-refractivity contribution in [1.29, 1.82) is 0 Å². The van der Waals surface area contributed by atoms with Crippen LogP contribution in [-0.4, -0.2) is 68.0 Å². The third-order valence-electron chi connectivity index (χ3n) is 7.61. The summed E-state index contributed by atoms with van der Waals surface area (Å²) in [5.74, 6) is -3.60. The lowest BCUT2D eigenvalue weighted by Crippen LogP contribution is -2.61. The Kier molecular flexibility index (Phi) is 13.8. The van der Waals surface area contributed by atoms with Crippen molar-refractivity contribution in [2.75, 3.05) is 13.6 Å². The van der Waals surface area contributed by atoms with E-state index < -0.39 is 11.9 Å². The van der Waals surface area contributed by atoms with Gasteiger partial charge >= 0.3 is 11.9 Å². The van der Waals surface area contributed by atoms with Crippen molar-refractivity contribution in [1.82, 2.24) is 4.90 Å². The number of aliphatic carboxylic acids is 2. The molecule has 1 aliphatic carbocycles. The van der Waals surface area contributed by atoms with Gasteiger partial charge in [-0.05, 0) is 81.2 Å². The molecule has 1 fully saturated rings. The van der Waals surface area contributed by atoms with Crippen LogP contribution in [0.3, 0.4) is 0 Å². The number of nitrogens with zero attached hydrogens (tertiary/aromatic N) is 1. The van der Waals surface area contributed by atoms with Gasteiger partial charge in [-0.3, -0.25) is 9.69 Å². The van der Waals surface area contributed by atoms with E-state index in [-0.39, 0.29) is 33.5 Å². The summed E-state index contributed by atoms with van der Waals surface area (Å²) in [5.41, 5.74) is 1.86. The standard InChI is InChI=1S/C26H34FNO2.C2H2O4.2H2O/c1-4-26(18-6-5-17-25(26,2)21-11-15-23(29)16-12-21)28(3)19-7-8-24(30)20-9-13-22(27)14-10-20;3-1(4)2(5)6;;/h9-16,29H,4-8,17-19H2,1-3H3;(H,3,4)(H,5,6);2*1H2. The predicted molar refractivity (Wildman–Crippen MR) is 142 cm³/mol. The molecule has 2 aromatic rings. The Morgan fingerprint density at radius 3 is 1.95 bits per heavy atom. The molecular weight excluding hydrogens is 497 g/mol. The van der Waals surface area contributed by atoms with Gasteiger partial charge in [0.15, 0.2) is 5.78 Å². The van der Waals surface area contributed by atoms with E-state index in [9.17, 15) is 14.3 Å². The van der Waals surface area contributed by atoms with E-state index in [0.29, 0.717) is 17.7 Å². The molecule has 2 unspecified atom stereocenters. The molecule has 0 aromatic heterocycles. The Hall–Kier alpha value is -3.34. The monoisotopic (exact) mass is 537 g/mol. The number of phenolic OH excluding ortho intramolecular Hbond substituents is 1. The molecule has 212 valence electrons. The minimum absolute atomic E-state index is 0. The number of Topliss-reactive ketones (excluding diaryl/α,β-unsaturated/α-hetero) is 1. The topological polar surface area (TPSA) is 178 Å². The summed E-state index contributed by atoms with van der Waals surface area (Å²) in [5, 5.41) is 24.5. The number of likely N-dealkylation sites (N-methyl/N-ethyl adjacent to an activating group) is 1. The van der Waals surface area contributed by atoms with Gasteiger partial charge in [0, 0.05) is 22.9 Å². The molecular formula is C28H40FNO8. The Balaban J connectivity index is 0.00000154. The number of hydrogen-bond donors (Lipinski definition) is 3. The number of carboxylic acid groups (broad SMARTS) is 2. The lowest BCUT2D eigenvalue weighted by molar-refractivity contribution is -0.159. The minimum Gasteiger partial charge on any atom is -0.508 e. The average molecular weight is 538 g/mol. The van der Waals surface area contributed by atoms with Crippen molar-refractivity contribution in [2.45, 2.75) is 69.7 Å². The van der Waals surface area contributed by atoms with Crippen LogP contribution in [0.2, 0.25) is 0 Å². The molecule has 38 heavy (non-hydrogen) atoms. The first-order valence-corrected chi connectivity index (χ1v) is 12.2. The molecule has 1 saturated carbocycles. The molecule has 9 nitrogen and oxygen atoms in total. The molecule has 7 N–H and O–H groups in total. The van der Waals surface area contributed by atoms with Crippen LogP contribution in [0.4, 0.5) is 4.39 Å². The van der Waals surface area contributed by atoms with Gasteiger partial charge in [0.2, 0.25) is 0 Å². The van der Waals surface area contributed by atoms with Gasteiger partial charge in [0.1, 0.15) is 11.6 Å². The van der Waals surface area contributed by atoms with Crippen LogP contribution < -0.4 is 0 Å². The maximum atomic E-state index is 13.1. The van der Waals surface area contributed by atoms with Crippen LogP contribution in [0.15, 0.2) is 48.5 Å². The second kappa shape index (κ2) is 15.2. The molecule has 0 aliphatic heterocycles. The predicted octanol–water partition coefficient (Wildman–Crippen LogP) is 3.61. The van der Waals surface area contributed by atoms with Crippen LogP contribution in [0.25, 0.3) is 0 Å². The van der Waals surface area contributed by atoms with Crippen molar-refractivity contribution in [2.24, 2.45) is 0 Å². The number of ketones is 1. The summed E-state index contributed by atoms with van der Waals surface area (Å²) in [7, 11) is 2.19. The van der Waals surface area contributed by atoms with Crippen LogP contribution in [0.1, 0.15) is 74.7 Å². The first-order chi connectivity index (χ1) is 17.0. The van der Waals surface area contributed by atoms with Gasteiger partial charge < -0.3 is 26.3 Å². The van der Waals surface area contributed by atoms with Gasteiger partial charge in [-0.1, -0.05) is 38.8 Å². The molecule has 2 atom stereocenters. The highest BCUT2D eigenvalue weighted by Crippen LogP contribution is 2.51. The van der Waals surface area contributed by atoms with Crippen molar-refractivity contribution >= 4 is 17.7 Å². The zero-order chi connectivity index (χ0) is 26.9. The van der Waals surface area contributed by atoms with E-state index in [1.807, 2.05) is 0 Å². The number of rotatable bonds is 8. The van der Waals surface area contributed by atoms with E-state index in [0.717, 1.165) is 32.2 Å². The summed E-state index contributed by atoms with van der Waals surface area (Å²) in [6, 6.07) is 13.5. The quantitative estimate of drug-likeness (QED) is 0.340. The van der Waals surface area contributed by atoms with Crippen LogP contribution in [0.5, 0.6) is 5.75 Å². The average Bonchev–Trinajstić information content (AvgIpc) is 2.85. The van der Waals surface area contributed by atoms with Crippen LogP contribution in [0, 0.1) is 5.82 Å². The number of carbonyl (C=O) groups is 3. The van der Waals surface area contributed by atoms with E-state index in [4.69, 9.17) is 19.8 Å². The third kappa shape index (κ3) is 8.08. The van der Waals surface area contributed by atoms with Crippen molar-refractivity contribution in [3.63, 3.8) is 0 Å². The van der Waals surface area contributed by atoms with Gasteiger partial charge in [-0.2, -0.15) is 0 Å².